The third kappa shape index (κ3) is 4.26. The average Bonchev–Trinajstić information content (AvgIpc) is 2.46. The van der Waals surface area contributed by atoms with Crippen LogP contribution >= 0.6 is 39.3 Å². The summed E-state index contributed by atoms with van der Waals surface area (Å²) in [5.74, 6) is 0. The Kier molecular flexibility index (Phi) is 5.97. The SMILES string of the molecule is CSc1ccc(C(C)NCc2ccc(Cl)cc2Br)cc1. The van der Waals surface area contributed by atoms with E-state index >= 15 is 0 Å². The molecule has 1 unspecified atom stereocenters. The van der Waals surface area contributed by atoms with Crippen LogP contribution in [0.15, 0.2) is 51.8 Å². The van der Waals surface area contributed by atoms with Gasteiger partial charge in [-0.3, -0.25) is 0 Å². The van der Waals surface area contributed by atoms with Crippen molar-refractivity contribution in [2.24, 2.45) is 0 Å². The molecule has 0 amide bonds. The summed E-state index contributed by atoms with van der Waals surface area (Å²) < 4.78 is 1.04. The van der Waals surface area contributed by atoms with Gasteiger partial charge in [0.25, 0.3) is 0 Å². The van der Waals surface area contributed by atoms with Gasteiger partial charge in [-0.2, -0.15) is 0 Å². The Hall–Kier alpha value is -0.480. The van der Waals surface area contributed by atoms with E-state index in [1.807, 2.05) is 18.2 Å². The molecule has 2 aromatic rings. The normalized spacial score (nSPS) is 12.4. The third-order valence-electron chi connectivity index (χ3n) is 3.23. The molecule has 0 bridgehead atoms. The van der Waals surface area contributed by atoms with Gasteiger partial charge in [-0.1, -0.05) is 45.7 Å². The van der Waals surface area contributed by atoms with Crippen molar-refractivity contribution in [1.82, 2.24) is 5.32 Å². The zero-order valence-electron chi connectivity index (χ0n) is 11.5. The summed E-state index contributed by atoms with van der Waals surface area (Å²) >= 11 is 11.3. The van der Waals surface area contributed by atoms with Crippen molar-refractivity contribution in [3.63, 3.8) is 0 Å². The maximum absolute atomic E-state index is 5.95. The molecule has 1 atom stereocenters. The molecule has 106 valence electrons. The van der Waals surface area contributed by atoms with Gasteiger partial charge in [0.1, 0.15) is 0 Å². The molecule has 1 nitrogen and oxygen atoms in total. The lowest BCUT2D eigenvalue weighted by molar-refractivity contribution is 0.573. The minimum absolute atomic E-state index is 0.313. The van der Waals surface area contributed by atoms with Gasteiger partial charge in [-0.15, -0.1) is 11.8 Å². The van der Waals surface area contributed by atoms with Gasteiger partial charge in [0, 0.05) is 27.0 Å². The van der Waals surface area contributed by atoms with Crippen LogP contribution in [0.25, 0.3) is 0 Å². The molecular weight excluding hydrogens is 354 g/mol. The first kappa shape index (κ1) is 15.9. The zero-order chi connectivity index (χ0) is 14.5. The maximum atomic E-state index is 5.95. The van der Waals surface area contributed by atoms with Crippen LogP contribution in [0.5, 0.6) is 0 Å². The molecule has 0 heterocycles. The zero-order valence-corrected chi connectivity index (χ0v) is 14.6. The standard InChI is InChI=1S/C16H17BrClNS/c1-11(12-4-7-15(20-2)8-5-12)19-10-13-3-6-14(18)9-16(13)17/h3-9,11,19H,10H2,1-2H3. The van der Waals surface area contributed by atoms with Gasteiger partial charge >= 0.3 is 0 Å². The van der Waals surface area contributed by atoms with Crippen molar-refractivity contribution < 1.29 is 0 Å². The molecule has 4 heteroatoms. The Bertz CT molecular complexity index is 571. The van der Waals surface area contributed by atoms with Gasteiger partial charge in [-0.25, -0.2) is 0 Å². The minimum Gasteiger partial charge on any atom is -0.306 e. The number of hydrogen-bond acceptors (Lipinski definition) is 2. The van der Waals surface area contributed by atoms with Gasteiger partial charge in [0.2, 0.25) is 0 Å². The van der Waals surface area contributed by atoms with Crippen molar-refractivity contribution >= 4 is 39.3 Å². The summed E-state index contributed by atoms with van der Waals surface area (Å²) in [4.78, 5) is 1.29. The topological polar surface area (TPSA) is 12.0 Å². The van der Waals surface area contributed by atoms with E-state index in [1.54, 1.807) is 11.8 Å². The number of hydrogen-bond donors (Lipinski definition) is 1. The molecule has 1 N–H and O–H groups in total. The Labute approximate surface area is 138 Å². The fraction of sp³-hybridized carbons (Fsp3) is 0.250. The fourth-order valence-corrected chi connectivity index (χ4v) is 3.17. The summed E-state index contributed by atoms with van der Waals surface area (Å²) in [5.41, 5.74) is 2.51. The van der Waals surface area contributed by atoms with Crippen LogP contribution < -0.4 is 5.32 Å². The number of benzene rings is 2. The van der Waals surface area contributed by atoms with Crippen LogP contribution in [0.3, 0.4) is 0 Å². The second-order valence-electron chi connectivity index (χ2n) is 4.61. The van der Waals surface area contributed by atoms with Crippen LogP contribution in [0.2, 0.25) is 5.02 Å². The minimum atomic E-state index is 0.313. The van der Waals surface area contributed by atoms with Crippen molar-refractivity contribution in [3.8, 4) is 0 Å². The number of thioether (sulfide) groups is 1. The van der Waals surface area contributed by atoms with Gasteiger partial charge in [-0.05, 0) is 48.6 Å². The molecule has 0 fully saturated rings. The molecule has 0 saturated heterocycles. The van der Waals surface area contributed by atoms with E-state index in [1.165, 1.54) is 16.0 Å². The van der Waals surface area contributed by atoms with Crippen LogP contribution in [0.4, 0.5) is 0 Å². The highest BCUT2D eigenvalue weighted by Crippen LogP contribution is 2.23. The van der Waals surface area contributed by atoms with Gasteiger partial charge < -0.3 is 5.32 Å². The molecule has 20 heavy (non-hydrogen) atoms. The second-order valence-corrected chi connectivity index (χ2v) is 6.78. The second kappa shape index (κ2) is 7.51. The molecule has 0 radical (unpaired) electrons. The first-order chi connectivity index (χ1) is 9.60. The summed E-state index contributed by atoms with van der Waals surface area (Å²) in [6.07, 6.45) is 2.09. The Morgan fingerprint density at radius 2 is 1.90 bits per heavy atom. The Morgan fingerprint density at radius 1 is 1.20 bits per heavy atom. The lowest BCUT2D eigenvalue weighted by atomic mass is 10.1. The largest absolute Gasteiger partial charge is 0.306 e. The Morgan fingerprint density at radius 3 is 2.50 bits per heavy atom. The lowest BCUT2D eigenvalue weighted by Crippen LogP contribution is -2.18. The molecule has 0 aliphatic carbocycles. The van der Waals surface area contributed by atoms with Gasteiger partial charge in [0.05, 0.1) is 0 Å². The highest BCUT2D eigenvalue weighted by Gasteiger charge is 2.06. The third-order valence-corrected chi connectivity index (χ3v) is 4.95. The maximum Gasteiger partial charge on any atom is 0.0417 e. The molecule has 0 aromatic heterocycles. The molecule has 0 saturated carbocycles. The summed E-state index contributed by atoms with van der Waals surface area (Å²) in [6.45, 7) is 2.99. The lowest BCUT2D eigenvalue weighted by Gasteiger charge is -2.15. The van der Waals surface area contributed by atoms with E-state index in [9.17, 15) is 0 Å². The van der Waals surface area contributed by atoms with Crippen LogP contribution in [-0.2, 0) is 6.54 Å². The molecule has 2 aromatic carbocycles. The molecule has 2 rings (SSSR count). The highest BCUT2D eigenvalue weighted by atomic mass is 79.9. The summed E-state index contributed by atoms with van der Waals surface area (Å²) in [7, 11) is 0. The van der Waals surface area contributed by atoms with Gasteiger partial charge in [0.15, 0.2) is 0 Å². The summed E-state index contributed by atoms with van der Waals surface area (Å²) in [5, 5.41) is 4.28. The summed E-state index contributed by atoms with van der Waals surface area (Å²) in [6, 6.07) is 14.9. The number of halogens is 2. The van der Waals surface area contributed by atoms with Crippen molar-refractivity contribution in [2.75, 3.05) is 6.26 Å². The van der Waals surface area contributed by atoms with Crippen LogP contribution in [0, 0.1) is 0 Å². The van der Waals surface area contributed by atoms with E-state index < -0.39 is 0 Å². The predicted molar refractivity (Wildman–Crippen MR) is 92.6 cm³/mol. The van der Waals surface area contributed by atoms with E-state index in [4.69, 9.17) is 11.6 Å². The van der Waals surface area contributed by atoms with Crippen molar-refractivity contribution in [3.05, 3.63) is 63.1 Å². The van der Waals surface area contributed by atoms with Crippen LogP contribution in [-0.4, -0.2) is 6.26 Å². The molecule has 0 aliphatic rings. The smallest absolute Gasteiger partial charge is 0.0417 e. The van der Waals surface area contributed by atoms with E-state index in [0.29, 0.717) is 6.04 Å². The van der Waals surface area contributed by atoms with Crippen LogP contribution in [0.1, 0.15) is 24.1 Å². The quantitative estimate of drug-likeness (QED) is 0.680. The average molecular weight is 371 g/mol. The van der Waals surface area contributed by atoms with E-state index in [0.717, 1.165) is 16.0 Å². The van der Waals surface area contributed by atoms with E-state index in [2.05, 4.69) is 58.7 Å². The molecular formula is C16H17BrClNS. The van der Waals surface area contributed by atoms with E-state index in [-0.39, 0.29) is 0 Å². The van der Waals surface area contributed by atoms with Crippen molar-refractivity contribution in [1.29, 1.82) is 0 Å². The Balaban J connectivity index is 1.98. The number of nitrogens with one attached hydrogen (secondary N) is 1. The highest BCUT2D eigenvalue weighted by molar-refractivity contribution is 9.10. The molecule has 0 spiro atoms. The molecule has 0 aliphatic heterocycles. The van der Waals surface area contributed by atoms with Crippen molar-refractivity contribution in [2.45, 2.75) is 24.4 Å². The fourth-order valence-electron chi connectivity index (χ4n) is 1.94. The first-order valence-corrected chi connectivity index (χ1v) is 8.81. The first-order valence-electron chi connectivity index (χ1n) is 6.41. The predicted octanol–water partition coefficient (Wildman–Crippen LogP) is 5.68. The monoisotopic (exact) mass is 369 g/mol. The number of rotatable bonds is 5.